The van der Waals surface area contributed by atoms with Gasteiger partial charge in [0.1, 0.15) is 6.54 Å². The fourth-order valence-corrected chi connectivity index (χ4v) is 2.11. The molecule has 21 heavy (non-hydrogen) atoms. The van der Waals surface area contributed by atoms with Gasteiger partial charge >= 0.3 is 11.7 Å². The first-order valence-electron chi connectivity index (χ1n) is 6.06. The number of hydrogen-bond acceptors (Lipinski definition) is 4. The number of para-hydroxylation sites is 1. The number of nitrogens with one attached hydrogen (secondary N) is 2. The van der Waals surface area contributed by atoms with Gasteiger partial charge in [0.2, 0.25) is 0 Å². The second-order valence-electron chi connectivity index (χ2n) is 4.41. The first kappa shape index (κ1) is 12.9. The van der Waals surface area contributed by atoms with Crippen molar-refractivity contribution in [3.63, 3.8) is 0 Å². The molecule has 0 radical (unpaired) electrons. The number of aromatic amines is 2. The highest BCUT2D eigenvalue weighted by atomic mass is 16.4. The van der Waals surface area contributed by atoms with E-state index in [0.717, 1.165) is 10.9 Å². The number of aliphatic carboxylic acids is 1. The smallest absolute Gasteiger partial charge is 0.345 e. The van der Waals surface area contributed by atoms with E-state index in [4.69, 9.17) is 5.11 Å². The number of fused-ring (bicyclic) bond motifs is 1. The number of benzene rings is 1. The van der Waals surface area contributed by atoms with Crippen molar-refractivity contribution < 1.29 is 9.90 Å². The van der Waals surface area contributed by atoms with Crippen molar-refractivity contribution in [3.8, 4) is 11.3 Å². The summed E-state index contributed by atoms with van der Waals surface area (Å²) in [6, 6.07) is 7.28. The van der Waals surface area contributed by atoms with Crippen LogP contribution in [0.2, 0.25) is 0 Å². The molecule has 0 bridgehead atoms. The summed E-state index contributed by atoms with van der Waals surface area (Å²) in [5.74, 6) is -1.22. The van der Waals surface area contributed by atoms with Crippen LogP contribution in [0, 0.1) is 0 Å². The highest BCUT2D eigenvalue weighted by Gasteiger charge is 2.14. The molecular weight excluding hydrogens is 276 g/mol. The molecular formula is C13H10N4O4. The molecule has 106 valence electrons. The summed E-state index contributed by atoms with van der Waals surface area (Å²) < 4.78 is 0.709. The minimum atomic E-state index is -1.22. The second kappa shape index (κ2) is 4.75. The molecule has 0 aliphatic heterocycles. The van der Waals surface area contributed by atoms with Crippen molar-refractivity contribution in [2.45, 2.75) is 6.54 Å². The lowest BCUT2D eigenvalue weighted by Gasteiger charge is -2.03. The van der Waals surface area contributed by atoms with Crippen LogP contribution in [0.25, 0.3) is 22.2 Å². The maximum absolute atomic E-state index is 11.9. The number of hydrogen-bond donors (Lipinski definition) is 3. The number of carbonyl (C=O) groups is 1. The van der Waals surface area contributed by atoms with E-state index in [9.17, 15) is 14.4 Å². The van der Waals surface area contributed by atoms with Gasteiger partial charge in [0, 0.05) is 22.7 Å². The summed E-state index contributed by atoms with van der Waals surface area (Å²) in [6.07, 6.45) is 1.60. The zero-order valence-electron chi connectivity index (χ0n) is 10.7. The van der Waals surface area contributed by atoms with Gasteiger partial charge in [-0.05, 0) is 6.07 Å². The summed E-state index contributed by atoms with van der Waals surface area (Å²) in [7, 11) is 0. The molecule has 0 amide bonds. The number of carboxylic acids is 1. The Hall–Kier alpha value is -3.16. The quantitative estimate of drug-likeness (QED) is 0.633. The molecule has 0 fully saturated rings. The Morgan fingerprint density at radius 1 is 1.29 bits per heavy atom. The molecule has 0 aliphatic carbocycles. The number of nitrogens with zero attached hydrogens (tertiary/aromatic N) is 2. The van der Waals surface area contributed by atoms with Gasteiger partial charge in [-0.15, -0.1) is 0 Å². The molecule has 0 saturated heterocycles. The first-order valence-corrected chi connectivity index (χ1v) is 6.06. The lowest BCUT2D eigenvalue weighted by atomic mass is 10.1. The predicted molar refractivity (Wildman–Crippen MR) is 74.0 cm³/mol. The molecule has 8 nitrogen and oxygen atoms in total. The molecule has 0 atom stereocenters. The molecule has 2 aromatic heterocycles. The Labute approximate surface area is 116 Å². The molecule has 0 aliphatic rings. The van der Waals surface area contributed by atoms with E-state index in [0.29, 0.717) is 10.2 Å². The largest absolute Gasteiger partial charge is 0.480 e. The Kier molecular flexibility index (Phi) is 2.90. The average Bonchev–Trinajstić information content (AvgIpc) is 2.85. The molecule has 3 N–H and O–H groups in total. The summed E-state index contributed by atoms with van der Waals surface area (Å²) in [5, 5.41) is 13.4. The lowest BCUT2D eigenvalue weighted by molar-refractivity contribution is -0.138. The predicted octanol–water partition coefficient (Wildman–Crippen LogP) is 0.165. The van der Waals surface area contributed by atoms with Gasteiger partial charge in [0.05, 0.1) is 0 Å². The SMILES string of the molecule is O=C(O)Cn1nc(-c2c[nH]c3ccccc23)c(=O)[nH]c1=O. The number of rotatable bonds is 3. The van der Waals surface area contributed by atoms with E-state index < -0.39 is 23.8 Å². The topological polar surface area (TPSA) is 121 Å². The molecule has 3 aromatic rings. The zero-order chi connectivity index (χ0) is 15.0. The van der Waals surface area contributed by atoms with Crippen LogP contribution in [0.15, 0.2) is 40.1 Å². The van der Waals surface area contributed by atoms with E-state index in [2.05, 4.69) is 15.1 Å². The minimum Gasteiger partial charge on any atom is -0.480 e. The normalized spacial score (nSPS) is 10.9. The fraction of sp³-hybridized carbons (Fsp3) is 0.0769. The molecule has 0 saturated carbocycles. The second-order valence-corrected chi connectivity index (χ2v) is 4.41. The van der Waals surface area contributed by atoms with Crippen LogP contribution >= 0.6 is 0 Å². The van der Waals surface area contributed by atoms with Gasteiger partial charge in [-0.2, -0.15) is 5.10 Å². The van der Waals surface area contributed by atoms with Crippen molar-refractivity contribution in [1.82, 2.24) is 19.7 Å². The van der Waals surface area contributed by atoms with Crippen molar-refractivity contribution in [1.29, 1.82) is 0 Å². The molecule has 0 spiro atoms. The van der Waals surface area contributed by atoms with Crippen molar-refractivity contribution in [2.24, 2.45) is 0 Å². The third kappa shape index (κ3) is 2.22. The monoisotopic (exact) mass is 286 g/mol. The van der Waals surface area contributed by atoms with E-state index in [-0.39, 0.29) is 5.69 Å². The molecule has 3 rings (SSSR count). The van der Waals surface area contributed by atoms with E-state index in [1.165, 1.54) is 0 Å². The van der Waals surface area contributed by atoms with Crippen LogP contribution in [0.3, 0.4) is 0 Å². The van der Waals surface area contributed by atoms with E-state index in [1.807, 2.05) is 12.1 Å². The Morgan fingerprint density at radius 2 is 2.05 bits per heavy atom. The van der Waals surface area contributed by atoms with Gasteiger partial charge in [-0.1, -0.05) is 18.2 Å². The zero-order valence-corrected chi connectivity index (χ0v) is 10.7. The van der Waals surface area contributed by atoms with Gasteiger partial charge in [0.15, 0.2) is 5.69 Å². The third-order valence-corrected chi connectivity index (χ3v) is 3.02. The van der Waals surface area contributed by atoms with Gasteiger partial charge < -0.3 is 10.1 Å². The molecule has 8 heteroatoms. The Morgan fingerprint density at radius 3 is 2.81 bits per heavy atom. The van der Waals surface area contributed by atoms with Crippen LogP contribution in [-0.4, -0.2) is 30.8 Å². The number of H-pyrrole nitrogens is 2. The summed E-state index contributed by atoms with van der Waals surface area (Å²) in [6.45, 7) is -0.620. The summed E-state index contributed by atoms with van der Waals surface area (Å²) in [5.41, 5.74) is -0.207. The summed E-state index contributed by atoms with van der Waals surface area (Å²) in [4.78, 5) is 39.3. The van der Waals surface area contributed by atoms with Crippen LogP contribution in [0.4, 0.5) is 0 Å². The Bertz CT molecular complexity index is 950. The van der Waals surface area contributed by atoms with Crippen LogP contribution in [0.5, 0.6) is 0 Å². The summed E-state index contributed by atoms with van der Waals surface area (Å²) >= 11 is 0. The van der Waals surface area contributed by atoms with Crippen molar-refractivity contribution in [3.05, 3.63) is 51.3 Å². The van der Waals surface area contributed by atoms with Gasteiger partial charge in [-0.25, -0.2) is 9.48 Å². The van der Waals surface area contributed by atoms with E-state index in [1.54, 1.807) is 18.3 Å². The first-order chi connectivity index (χ1) is 10.1. The maximum atomic E-state index is 11.9. The van der Waals surface area contributed by atoms with E-state index >= 15 is 0 Å². The van der Waals surface area contributed by atoms with Crippen molar-refractivity contribution >= 4 is 16.9 Å². The fourth-order valence-electron chi connectivity index (χ4n) is 2.11. The van der Waals surface area contributed by atoms with Gasteiger partial charge in [-0.3, -0.25) is 14.6 Å². The highest BCUT2D eigenvalue weighted by Crippen LogP contribution is 2.24. The number of carboxylic acid groups (broad SMARTS) is 1. The third-order valence-electron chi connectivity index (χ3n) is 3.02. The van der Waals surface area contributed by atoms with Crippen LogP contribution in [-0.2, 0) is 11.3 Å². The maximum Gasteiger partial charge on any atom is 0.345 e. The van der Waals surface area contributed by atoms with Crippen LogP contribution < -0.4 is 11.2 Å². The minimum absolute atomic E-state index is 0.00620. The Balaban J connectivity index is 2.25. The van der Waals surface area contributed by atoms with Gasteiger partial charge in [0.25, 0.3) is 5.56 Å². The molecule has 0 unspecified atom stereocenters. The molecule has 2 heterocycles. The standard InChI is InChI=1S/C13H10N4O4/c18-10(19)6-17-13(21)15-12(20)11(16-17)8-5-14-9-4-2-1-3-7(8)9/h1-5,14H,6H2,(H,18,19)(H,15,20,21). The van der Waals surface area contributed by atoms with Crippen molar-refractivity contribution in [2.75, 3.05) is 0 Å². The van der Waals surface area contributed by atoms with Crippen LogP contribution in [0.1, 0.15) is 0 Å². The lowest BCUT2D eigenvalue weighted by Crippen LogP contribution is -2.35. The number of aromatic nitrogens is 4. The molecule has 1 aromatic carbocycles. The average molecular weight is 286 g/mol. The highest BCUT2D eigenvalue weighted by molar-refractivity contribution is 5.94.